The van der Waals surface area contributed by atoms with Crippen LogP contribution >= 0.6 is 46.4 Å². The number of halogens is 4. The van der Waals surface area contributed by atoms with E-state index in [0.29, 0.717) is 10.0 Å². The molecule has 0 amide bonds. The molecule has 0 aliphatic carbocycles. The Morgan fingerprint density at radius 3 is 1.10 bits per heavy atom. The summed E-state index contributed by atoms with van der Waals surface area (Å²) >= 11 is 22.6. The van der Waals surface area contributed by atoms with Gasteiger partial charge in [0.15, 0.2) is 8.32 Å². The van der Waals surface area contributed by atoms with Crippen LogP contribution in [0.15, 0.2) is 109 Å². The highest BCUT2D eigenvalue weighted by Gasteiger charge is 2.42. The van der Waals surface area contributed by atoms with E-state index in [1.807, 2.05) is 36.4 Å². The number of aliphatic hydroxyl groups excluding tert-OH is 1. The van der Waals surface area contributed by atoms with Crippen LogP contribution in [-0.2, 0) is 60.0 Å². The molecule has 0 radical (unpaired) electrons. The lowest BCUT2D eigenvalue weighted by atomic mass is 9.69. The first-order valence-electron chi connectivity index (χ1n) is 31.7. The molecule has 88 heavy (non-hydrogen) atoms. The van der Waals surface area contributed by atoms with Crippen LogP contribution in [0.3, 0.4) is 0 Å². The number of methoxy groups -OCH3 is 2. The van der Waals surface area contributed by atoms with Gasteiger partial charge in [0.05, 0.1) is 44.6 Å². The Morgan fingerprint density at radius 1 is 0.489 bits per heavy atom. The van der Waals surface area contributed by atoms with Crippen molar-refractivity contribution in [3.05, 3.63) is 186 Å². The fourth-order valence-corrected chi connectivity index (χ4v) is 14.0. The van der Waals surface area contributed by atoms with E-state index in [9.17, 15) is 14.7 Å². The summed E-state index contributed by atoms with van der Waals surface area (Å²) in [6, 6.07) is 39.6. The van der Waals surface area contributed by atoms with Gasteiger partial charge >= 0.3 is 11.9 Å². The number of aryl methyl sites for hydroxylation is 6. The molecular weight excluding hydrogens is 1190 g/mol. The lowest BCUT2D eigenvalue weighted by Crippen LogP contribution is -2.47. The van der Waals surface area contributed by atoms with E-state index in [1.165, 1.54) is 69.9 Å². The molecule has 1 N–H and O–H groups in total. The van der Waals surface area contributed by atoms with Crippen LogP contribution < -0.4 is 0 Å². The summed E-state index contributed by atoms with van der Waals surface area (Å²) in [6.45, 7) is 42.9. The summed E-state index contributed by atoms with van der Waals surface area (Å²) in [7, 11) is 0.904. The van der Waals surface area contributed by atoms with Gasteiger partial charge in [0, 0.05) is 20.9 Å². The Morgan fingerprint density at radius 2 is 0.818 bits per heavy atom. The van der Waals surface area contributed by atoms with Gasteiger partial charge in [0.2, 0.25) is 0 Å². The van der Waals surface area contributed by atoms with Gasteiger partial charge in [-0.25, -0.2) is 0 Å². The van der Waals surface area contributed by atoms with E-state index in [-0.39, 0.29) is 69.0 Å². The van der Waals surface area contributed by atoms with E-state index in [0.717, 1.165) is 84.7 Å². The number of hydrogen-bond acceptors (Lipinski definition) is 6. The number of ether oxygens (including phenoxy) is 2. The molecule has 0 bridgehead atoms. The first-order chi connectivity index (χ1) is 41.1. The van der Waals surface area contributed by atoms with Gasteiger partial charge < -0.3 is 19.0 Å². The number of hydrogen-bond donors (Lipinski definition) is 1. The molecule has 0 heterocycles. The molecule has 0 saturated carbocycles. The van der Waals surface area contributed by atoms with Crippen molar-refractivity contribution in [2.45, 2.75) is 223 Å². The Labute approximate surface area is 553 Å². The van der Waals surface area contributed by atoms with Crippen molar-refractivity contribution in [1.82, 2.24) is 0 Å². The quantitative estimate of drug-likeness (QED) is 0.0414. The van der Waals surface area contributed by atoms with Crippen LogP contribution in [0.1, 0.15) is 195 Å². The lowest BCUT2D eigenvalue weighted by molar-refractivity contribution is -0.140. The van der Waals surface area contributed by atoms with Gasteiger partial charge in [0.1, 0.15) is 0 Å². The third-order valence-electron chi connectivity index (χ3n) is 19.2. The second-order valence-corrected chi connectivity index (χ2v) is 34.2. The summed E-state index contributed by atoms with van der Waals surface area (Å²) in [5.74, 6) is -0.592. The molecule has 0 spiro atoms. The van der Waals surface area contributed by atoms with E-state index in [1.54, 1.807) is 0 Å². The van der Waals surface area contributed by atoms with Crippen molar-refractivity contribution in [1.29, 1.82) is 0 Å². The monoisotopic (exact) mass is 1290 g/mol. The number of benzene rings is 6. The summed E-state index contributed by atoms with van der Waals surface area (Å²) in [6.07, 6.45) is 7.95. The average Bonchev–Trinajstić information content (AvgIpc) is 1.07. The van der Waals surface area contributed by atoms with Crippen molar-refractivity contribution in [2.75, 3.05) is 19.6 Å². The first kappa shape index (κ1) is 76.0. The van der Waals surface area contributed by atoms with Gasteiger partial charge in [-0.15, -0.1) is 23.2 Å². The van der Waals surface area contributed by atoms with E-state index >= 15 is 0 Å². The van der Waals surface area contributed by atoms with Crippen LogP contribution in [0.5, 0.6) is 0 Å². The number of aliphatic hydroxyl groups is 1. The molecule has 0 aliphatic rings. The minimum Gasteiger partial charge on any atom is -0.469 e. The molecule has 0 aromatic heterocycles. The smallest absolute Gasteiger partial charge is 0.310 e. The minimum atomic E-state index is -1.88. The summed E-state index contributed by atoms with van der Waals surface area (Å²) < 4.78 is 16.6. The van der Waals surface area contributed by atoms with Gasteiger partial charge in [-0.1, -0.05) is 210 Å². The van der Waals surface area contributed by atoms with E-state index < -0.39 is 8.32 Å². The number of rotatable bonds is 22. The average molecular weight is 1300 g/mol. The molecule has 2 atom stereocenters. The fraction of sp³-hybridized carbons (Fsp3) is 0.506. The van der Waals surface area contributed by atoms with E-state index in [2.05, 4.69) is 204 Å². The van der Waals surface area contributed by atoms with Gasteiger partial charge in [-0.3, -0.25) is 9.59 Å². The summed E-state index contributed by atoms with van der Waals surface area (Å²) in [4.78, 5) is 23.5. The Balaban J connectivity index is 0.000000365. The van der Waals surface area contributed by atoms with Crippen LogP contribution in [0.4, 0.5) is 0 Å². The van der Waals surface area contributed by atoms with Gasteiger partial charge in [-0.2, -0.15) is 0 Å². The van der Waals surface area contributed by atoms with Crippen molar-refractivity contribution in [3.63, 3.8) is 0 Å². The van der Waals surface area contributed by atoms with Crippen LogP contribution in [0.25, 0.3) is 22.3 Å². The molecule has 2 unspecified atom stereocenters. The van der Waals surface area contributed by atoms with Crippen molar-refractivity contribution in [2.24, 2.45) is 10.8 Å². The molecule has 6 aromatic rings. The minimum absolute atomic E-state index is 0.0754. The van der Waals surface area contributed by atoms with Crippen molar-refractivity contribution < 1.29 is 28.6 Å². The topological polar surface area (TPSA) is 82.1 Å². The summed E-state index contributed by atoms with van der Waals surface area (Å²) in [5, 5.41) is 12.1. The highest BCUT2D eigenvalue weighted by Crippen LogP contribution is 2.45. The molecule has 6 nitrogen and oxygen atoms in total. The second kappa shape index (κ2) is 32.7. The predicted octanol–water partition coefficient (Wildman–Crippen LogP) is 22.0. The Kier molecular flexibility index (Phi) is 28.3. The Hall–Kier alpha value is -4.44. The zero-order valence-corrected chi connectivity index (χ0v) is 61.3. The van der Waals surface area contributed by atoms with Crippen LogP contribution in [0.2, 0.25) is 28.2 Å². The maximum atomic E-state index is 11.8. The van der Waals surface area contributed by atoms with Crippen molar-refractivity contribution >= 4 is 66.7 Å². The largest absolute Gasteiger partial charge is 0.469 e. The molecule has 0 aliphatic heterocycles. The maximum absolute atomic E-state index is 11.8. The lowest BCUT2D eigenvalue weighted by Gasteiger charge is -2.43. The zero-order valence-electron chi connectivity index (χ0n) is 57.3. The molecule has 6 aromatic carbocycles. The molecule has 6 rings (SSSR count). The highest BCUT2D eigenvalue weighted by molar-refractivity contribution is 6.74. The van der Waals surface area contributed by atoms with Crippen molar-refractivity contribution in [3.8, 4) is 22.3 Å². The number of carbonyl (C=O) groups excluding carboxylic acids is 2. The van der Waals surface area contributed by atoms with E-state index in [4.69, 9.17) is 60.3 Å². The molecule has 11 heteroatoms. The molecular formula is C77H106Cl4O6Si. The van der Waals surface area contributed by atoms with Gasteiger partial charge in [-0.05, 0) is 209 Å². The second-order valence-electron chi connectivity index (χ2n) is 27.8. The normalized spacial score (nSPS) is 13.0. The highest BCUT2D eigenvalue weighted by atomic mass is 35.5. The first-order valence-corrected chi connectivity index (χ1v) is 36.4. The third kappa shape index (κ3) is 19.3. The predicted molar refractivity (Wildman–Crippen MR) is 380 cm³/mol. The summed E-state index contributed by atoms with van der Waals surface area (Å²) in [5.41, 5.74) is 18.9. The number of esters is 2. The maximum Gasteiger partial charge on any atom is 0.310 e. The Bertz CT molecular complexity index is 3260. The van der Waals surface area contributed by atoms with Crippen LogP contribution in [-0.4, -0.2) is 57.1 Å². The number of alkyl halides is 2. The zero-order chi connectivity index (χ0) is 66.3. The SMILES string of the molecule is CCC(CC)(c1ccc(CCC(O)C(C)(C)C)c(C)c1)c1ccc(-c2ccc(CC(=O)OC)c(Cl)c2)c(C)c1.CCC(CC)(c1ccc(CCC(O[Si](C)(C)C(C)(C)C)C(C)(C)C)c(C)c1)c1ccc(-c2ccc(CC(=O)OC)c(Cl)c2)c(C)c1.ClCCl. The molecule has 0 fully saturated rings. The number of carbonyl (C=O) groups is 2. The van der Waals surface area contributed by atoms with Gasteiger partial charge in [0.25, 0.3) is 0 Å². The molecule has 0 saturated heterocycles. The fourth-order valence-electron chi connectivity index (χ4n) is 12.0. The third-order valence-corrected chi connectivity index (χ3v) is 24.4. The van der Waals surface area contributed by atoms with Crippen LogP contribution in [0, 0.1) is 38.5 Å². The standard InChI is InChI=1S/C41H59ClO3Si.C35H45ClO3.CH2Cl2/c1-14-41(15-2,34-21-22-35(29(4)25-34)31-16-17-32(36(42)26-31)27-38(43)44-11)33-20-18-30(28(3)24-33)19-23-37(39(5,6)7)45-46(12,13)40(8,9)10;1-9-35(10-2,28-15-13-25(23(3)19-28)14-18-32(37)34(5,6)7)29-16-17-30(24(4)20-29)26-11-12-27(31(36)21-26)22-33(38)39-8;2-1-3/h16-18,20-22,24-26,37H,14-15,19,23,27H2,1-13H3;11-13,15-17,19-21,32,37H,9-10,14,18,22H2,1-8H3;1H2. The molecule has 482 valence electrons.